The molecule has 1 aliphatic rings. The molecule has 4 heteroatoms. The van der Waals surface area contributed by atoms with Gasteiger partial charge in [0.25, 0.3) is 0 Å². The summed E-state index contributed by atoms with van der Waals surface area (Å²) in [7, 11) is 1.88. The van der Waals surface area contributed by atoms with E-state index in [1.165, 1.54) is 6.42 Å². The van der Waals surface area contributed by atoms with Gasteiger partial charge in [-0.1, -0.05) is 12.1 Å². The Labute approximate surface area is 127 Å². The number of hydrogen-bond donors (Lipinski definition) is 1. The molecule has 1 saturated heterocycles. The third-order valence-corrected chi connectivity index (χ3v) is 3.94. The molecule has 1 aliphatic heterocycles. The quantitative estimate of drug-likeness (QED) is 0.875. The maximum Gasteiger partial charge on any atom is 0.222 e. The molecule has 1 aromatic carbocycles. The molecule has 2 rings (SSSR count). The summed E-state index contributed by atoms with van der Waals surface area (Å²) in [6.45, 7) is 5.37. The maximum atomic E-state index is 12.3. The summed E-state index contributed by atoms with van der Waals surface area (Å²) in [5.41, 5.74) is 1.14. The van der Waals surface area contributed by atoms with Crippen LogP contribution in [0.4, 0.5) is 0 Å². The van der Waals surface area contributed by atoms with E-state index in [4.69, 9.17) is 4.74 Å². The number of nitrogens with one attached hydrogen (secondary N) is 1. The van der Waals surface area contributed by atoms with Crippen molar-refractivity contribution in [2.24, 2.45) is 5.92 Å². The molecule has 0 aliphatic carbocycles. The van der Waals surface area contributed by atoms with Crippen LogP contribution in [0.5, 0.6) is 5.75 Å². The van der Waals surface area contributed by atoms with Crippen LogP contribution in [0.1, 0.15) is 31.7 Å². The van der Waals surface area contributed by atoms with Gasteiger partial charge in [0, 0.05) is 20.0 Å². The van der Waals surface area contributed by atoms with Crippen LogP contribution >= 0.6 is 0 Å². The van der Waals surface area contributed by atoms with E-state index in [-0.39, 0.29) is 5.91 Å². The first kappa shape index (κ1) is 15.8. The molecule has 116 valence electrons. The Balaban J connectivity index is 1.81. The van der Waals surface area contributed by atoms with Crippen LogP contribution in [-0.2, 0) is 11.3 Å². The fourth-order valence-electron chi connectivity index (χ4n) is 2.72. The molecule has 0 radical (unpaired) electrons. The maximum absolute atomic E-state index is 12.3. The largest absolute Gasteiger partial charge is 0.494 e. The zero-order valence-corrected chi connectivity index (χ0v) is 13.1. The Bertz CT molecular complexity index is 439. The first-order valence-electron chi connectivity index (χ1n) is 7.85. The number of rotatable bonds is 6. The SMILES string of the molecule is CCOc1ccc(CN(C)C(=O)CC2CCCNC2)cc1. The number of hydrogen-bond acceptors (Lipinski definition) is 3. The predicted octanol–water partition coefficient (Wildman–Crippen LogP) is 2.43. The van der Waals surface area contributed by atoms with Crippen molar-refractivity contribution < 1.29 is 9.53 Å². The summed E-state index contributed by atoms with van der Waals surface area (Å²) in [6, 6.07) is 7.97. The molecule has 0 spiro atoms. The van der Waals surface area contributed by atoms with Crippen molar-refractivity contribution in [1.29, 1.82) is 0 Å². The lowest BCUT2D eigenvalue weighted by Crippen LogP contribution is -2.34. The van der Waals surface area contributed by atoms with E-state index in [1.54, 1.807) is 0 Å². The summed E-state index contributed by atoms with van der Waals surface area (Å²) in [5.74, 6) is 1.61. The first-order chi connectivity index (χ1) is 10.2. The zero-order valence-electron chi connectivity index (χ0n) is 13.1. The molecule has 1 unspecified atom stereocenters. The van der Waals surface area contributed by atoms with Crippen LogP contribution in [0.15, 0.2) is 24.3 Å². The molecule has 1 amide bonds. The van der Waals surface area contributed by atoms with Gasteiger partial charge in [-0.25, -0.2) is 0 Å². The van der Waals surface area contributed by atoms with Gasteiger partial charge in [0.05, 0.1) is 6.61 Å². The van der Waals surface area contributed by atoms with E-state index < -0.39 is 0 Å². The van der Waals surface area contributed by atoms with E-state index in [0.717, 1.165) is 30.8 Å². The van der Waals surface area contributed by atoms with Gasteiger partial charge in [-0.15, -0.1) is 0 Å². The summed E-state index contributed by atoms with van der Waals surface area (Å²) in [6.07, 6.45) is 3.00. The molecule has 0 aromatic heterocycles. The second kappa shape index (κ2) is 8.03. The molecule has 1 heterocycles. The van der Waals surface area contributed by atoms with E-state index in [1.807, 2.05) is 43.1 Å². The van der Waals surface area contributed by atoms with Gasteiger partial charge in [0.2, 0.25) is 5.91 Å². The zero-order chi connectivity index (χ0) is 15.1. The molecule has 1 N–H and O–H groups in total. The summed E-state index contributed by atoms with van der Waals surface area (Å²) in [4.78, 5) is 14.1. The average molecular weight is 290 g/mol. The van der Waals surface area contributed by atoms with Crippen molar-refractivity contribution in [3.63, 3.8) is 0 Å². The van der Waals surface area contributed by atoms with Crippen LogP contribution in [0.25, 0.3) is 0 Å². The highest BCUT2D eigenvalue weighted by Crippen LogP contribution is 2.17. The highest BCUT2D eigenvalue weighted by molar-refractivity contribution is 5.76. The van der Waals surface area contributed by atoms with Gasteiger partial charge in [-0.2, -0.15) is 0 Å². The van der Waals surface area contributed by atoms with Crippen molar-refractivity contribution >= 4 is 5.91 Å². The Morgan fingerprint density at radius 3 is 2.76 bits per heavy atom. The molecular formula is C17H26N2O2. The molecular weight excluding hydrogens is 264 g/mol. The third-order valence-electron chi connectivity index (χ3n) is 3.94. The van der Waals surface area contributed by atoms with Crippen molar-refractivity contribution in [1.82, 2.24) is 10.2 Å². The molecule has 4 nitrogen and oxygen atoms in total. The smallest absolute Gasteiger partial charge is 0.222 e. The van der Waals surface area contributed by atoms with Crippen molar-refractivity contribution in [3.05, 3.63) is 29.8 Å². The van der Waals surface area contributed by atoms with Crippen molar-refractivity contribution in [3.8, 4) is 5.75 Å². The fraction of sp³-hybridized carbons (Fsp3) is 0.588. The number of carbonyl (C=O) groups excluding carboxylic acids is 1. The Morgan fingerprint density at radius 1 is 1.38 bits per heavy atom. The minimum absolute atomic E-state index is 0.234. The minimum atomic E-state index is 0.234. The van der Waals surface area contributed by atoms with Gasteiger partial charge >= 0.3 is 0 Å². The lowest BCUT2D eigenvalue weighted by Gasteiger charge is -2.25. The van der Waals surface area contributed by atoms with Gasteiger partial charge in [0.15, 0.2) is 0 Å². The second-order valence-corrected chi connectivity index (χ2v) is 5.74. The fourth-order valence-corrected chi connectivity index (χ4v) is 2.72. The average Bonchev–Trinajstić information content (AvgIpc) is 2.50. The van der Waals surface area contributed by atoms with Crippen LogP contribution in [0.3, 0.4) is 0 Å². The standard InChI is InChI=1S/C17H26N2O2/c1-3-21-16-8-6-14(7-9-16)13-19(2)17(20)11-15-5-4-10-18-12-15/h6-9,15,18H,3-5,10-13H2,1-2H3. The normalized spacial score (nSPS) is 18.3. The van der Waals surface area contributed by atoms with Crippen LogP contribution < -0.4 is 10.1 Å². The summed E-state index contributed by atoms with van der Waals surface area (Å²) >= 11 is 0. The first-order valence-corrected chi connectivity index (χ1v) is 7.85. The van der Waals surface area contributed by atoms with Gasteiger partial charge in [-0.05, 0) is 56.5 Å². The minimum Gasteiger partial charge on any atom is -0.494 e. The predicted molar refractivity (Wildman–Crippen MR) is 84.3 cm³/mol. The Kier molecular flexibility index (Phi) is 6.05. The van der Waals surface area contributed by atoms with Crippen molar-refractivity contribution in [2.75, 3.05) is 26.7 Å². The van der Waals surface area contributed by atoms with Gasteiger partial charge in [0.1, 0.15) is 5.75 Å². The second-order valence-electron chi connectivity index (χ2n) is 5.74. The number of benzene rings is 1. The number of carbonyl (C=O) groups is 1. The summed E-state index contributed by atoms with van der Waals surface area (Å²) in [5, 5.41) is 3.36. The monoisotopic (exact) mass is 290 g/mol. The van der Waals surface area contributed by atoms with Crippen molar-refractivity contribution in [2.45, 2.75) is 32.7 Å². The molecule has 21 heavy (non-hydrogen) atoms. The van der Waals surface area contributed by atoms with E-state index in [9.17, 15) is 4.79 Å². The lowest BCUT2D eigenvalue weighted by molar-refractivity contribution is -0.131. The number of ether oxygens (including phenoxy) is 1. The van der Waals surface area contributed by atoms with Gasteiger partial charge < -0.3 is 15.0 Å². The third kappa shape index (κ3) is 5.05. The molecule has 1 aromatic rings. The van der Waals surface area contributed by atoms with E-state index >= 15 is 0 Å². The molecule has 1 fully saturated rings. The Morgan fingerprint density at radius 2 is 2.14 bits per heavy atom. The lowest BCUT2D eigenvalue weighted by atomic mass is 9.95. The molecule has 0 saturated carbocycles. The topological polar surface area (TPSA) is 41.6 Å². The number of amides is 1. The molecule has 0 bridgehead atoms. The summed E-state index contributed by atoms with van der Waals surface area (Å²) < 4.78 is 5.43. The highest BCUT2D eigenvalue weighted by Gasteiger charge is 2.19. The number of piperidine rings is 1. The molecule has 1 atom stereocenters. The number of nitrogens with zero attached hydrogens (tertiary/aromatic N) is 1. The van der Waals surface area contributed by atoms with Gasteiger partial charge in [-0.3, -0.25) is 4.79 Å². The highest BCUT2D eigenvalue weighted by atomic mass is 16.5. The van der Waals surface area contributed by atoms with Crippen LogP contribution in [-0.4, -0.2) is 37.6 Å². The Hall–Kier alpha value is -1.55. The van der Waals surface area contributed by atoms with Crippen LogP contribution in [0, 0.1) is 5.92 Å². The van der Waals surface area contributed by atoms with E-state index in [0.29, 0.717) is 25.5 Å². The van der Waals surface area contributed by atoms with E-state index in [2.05, 4.69) is 5.32 Å². The van der Waals surface area contributed by atoms with Crippen LogP contribution in [0.2, 0.25) is 0 Å².